The molecule has 0 fully saturated rings. The zero-order valence-electron chi connectivity index (χ0n) is 13.6. The Morgan fingerprint density at radius 2 is 2.00 bits per heavy atom. The average Bonchev–Trinajstić information content (AvgIpc) is 2.58. The summed E-state index contributed by atoms with van der Waals surface area (Å²) >= 11 is 0. The summed E-state index contributed by atoms with van der Waals surface area (Å²) in [5.41, 5.74) is -0.679. The molecule has 0 spiro atoms. The number of benzene rings is 1. The van der Waals surface area contributed by atoms with Crippen molar-refractivity contribution in [3.8, 4) is 0 Å². The van der Waals surface area contributed by atoms with Crippen LogP contribution < -0.4 is 16.2 Å². The summed E-state index contributed by atoms with van der Waals surface area (Å²) in [6.07, 6.45) is 0.958. The molecular formula is C14H15N5O6S. The lowest BCUT2D eigenvalue weighted by atomic mass is 10.2. The lowest BCUT2D eigenvalue weighted by molar-refractivity contribution is -0.384. The molecule has 2 aromatic rings. The molecule has 0 aliphatic carbocycles. The highest BCUT2D eigenvalue weighted by Gasteiger charge is 2.18. The number of nitrogens with zero attached hydrogens (tertiary/aromatic N) is 2. The number of nitro benzene ring substituents is 1. The largest absolute Gasteiger partial charge is 0.378 e. The number of amides is 1. The fourth-order valence-corrected chi connectivity index (χ4v) is 2.62. The number of rotatable bonds is 7. The minimum absolute atomic E-state index is 0.0214. The SMILES string of the molecule is CS(=O)(=O)c1ccc(NCCNC(=O)c2ccc(=O)[nH]n2)c([N+](=O)[O-])c1. The van der Waals surface area contributed by atoms with Crippen LogP contribution in [0.3, 0.4) is 0 Å². The van der Waals surface area contributed by atoms with Gasteiger partial charge in [-0.2, -0.15) is 5.10 Å². The van der Waals surface area contributed by atoms with E-state index in [2.05, 4.69) is 20.8 Å². The van der Waals surface area contributed by atoms with Gasteiger partial charge in [0.1, 0.15) is 11.4 Å². The lowest BCUT2D eigenvalue weighted by Gasteiger charge is -2.09. The highest BCUT2D eigenvalue weighted by Crippen LogP contribution is 2.27. The van der Waals surface area contributed by atoms with Crippen LogP contribution in [0, 0.1) is 10.1 Å². The van der Waals surface area contributed by atoms with E-state index in [1.54, 1.807) is 0 Å². The van der Waals surface area contributed by atoms with Crippen molar-refractivity contribution in [3.63, 3.8) is 0 Å². The van der Waals surface area contributed by atoms with Crippen LogP contribution in [0.2, 0.25) is 0 Å². The summed E-state index contributed by atoms with van der Waals surface area (Å²) in [7, 11) is -3.57. The molecule has 26 heavy (non-hydrogen) atoms. The second kappa shape index (κ2) is 7.74. The van der Waals surface area contributed by atoms with Crippen molar-refractivity contribution >= 4 is 27.1 Å². The first kappa shape index (κ1) is 19.1. The Morgan fingerprint density at radius 3 is 2.58 bits per heavy atom. The van der Waals surface area contributed by atoms with Gasteiger partial charge in [0.05, 0.1) is 9.82 Å². The Balaban J connectivity index is 1.99. The summed E-state index contributed by atoms with van der Waals surface area (Å²) in [5.74, 6) is -0.523. The molecule has 0 bridgehead atoms. The van der Waals surface area contributed by atoms with Gasteiger partial charge in [0.15, 0.2) is 9.84 Å². The Kier molecular flexibility index (Phi) is 5.67. The summed E-state index contributed by atoms with van der Waals surface area (Å²) in [4.78, 5) is 32.9. The van der Waals surface area contributed by atoms with E-state index in [1.165, 1.54) is 18.2 Å². The first-order valence-corrected chi connectivity index (χ1v) is 9.14. The fourth-order valence-electron chi connectivity index (χ4n) is 1.98. The van der Waals surface area contributed by atoms with Crippen molar-refractivity contribution in [1.29, 1.82) is 0 Å². The second-order valence-corrected chi connectivity index (χ2v) is 7.21. The van der Waals surface area contributed by atoms with Gasteiger partial charge in [-0.1, -0.05) is 0 Å². The van der Waals surface area contributed by atoms with Gasteiger partial charge >= 0.3 is 0 Å². The molecule has 3 N–H and O–H groups in total. The molecule has 11 nitrogen and oxygen atoms in total. The molecule has 0 saturated heterocycles. The van der Waals surface area contributed by atoms with E-state index in [0.29, 0.717) is 0 Å². The second-order valence-electron chi connectivity index (χ2n) is 5.20. The van der Waals surface area contributed by atoms with Crippen molar-refractivity contribution in [2.24, 2.45) is 0 Å². The average molecular weight is 381 g/mol. The third kappa shape index (κ3) is 4.86. The maximum atomic E-state index is 11.8. The smallest absolute Gasteiger partial charge is 0.293 e. The zero-order valence-corrected chi connectivity index (χ0v) is 14.4. The lowest BCUT2D eigenvalue weighted by Crippen LogP contribution is -2.30. The molecule has 0 radical (unpaired) electrons. The van der Waals surface area contributed by atoms with E-state index >= 15 is 0 Å². The van der Waals surface area contributed by atoms with E-state index in [1.807, 2.05) is 0 Å². The summed E-state index contributed by atoms with van der Waals surface area (Å²) in [5, 5.41) is 22.1. The molecule has 138 valence electrons. The van der Waals surface area contributed by atoms with Crippen molar-refractivity contribution in [2.45, 2.75) is 4.90 Å². The van der Waals surface area contributed by atoms with E-state index in [4.69, 9.17) is 0 Å². The highest BCUT2D eigenvalue weighted by atomic mass is 32.2. The van der Waals surface area contributed by atoms with Crippen LogP contribution in [-0.4, -0.2) is 48.8 Å². The van der Waals surface area contributed by atoms with Crippen molar-refractivity contribution in [2.75, 3.05) is 24.7 Å². The standard InChI is InChI=1S/C14H15N5O6S/c1-26(24,25)9-2-3-10(12(8-9)19(22)23)15-6-7-16-14(21)11-4-5-13(20)18-17-11/h2-5,8,15H,6-7H2,1H3,(H,16,21)(H,18,20). The molecule has 1 aromatic carbocycles. The number of H-pyrrole nitrogens is 1. The minimum atomic E-state index is -3.57. The molecule has 0 aliphatic heterocycles. The Morgan fingerprint density at radius 1 is 1.27 bits per heavy atom. The van der Waals surface area contributed by atoms with Crippen LogP contribution in [0.1, 0.15) is 10.5 Å². The Hall–Kier alpha value is -3.28. The van der Waals surface area contributed by atoms with Crippen molar-refractivity contribution < 1.29 is 18.1 Å². The molecule has 0 saturated carbocycles. The quantitative estimate of drug-likeness (QED) is 0.340. The van der Waals surface area contributed by atoms with Crippen LogP contribution in [-0.2, 0) is 9.84 Å². The molecule has 0 aliphatic rings. The Labute approximate surface area is 147 Å². The molecule has 2 rings (SSSR count). The Bertz CT molecular complexity index is 981. The van der Waals surface area contributed by atoms with E-state index in [0.717, 1.165) is 18.4 Å². The van der Waals surface area contributed by atoms with Gasteiger partial charge in [-0.25, -0.2) is 13.5 Å². The number of sulfone groups is 1. The molecule has 1 heterocycles. The van der Waals surface area contributed by atoms with Gasteiger partial charge in [-0.15, -0.1) is 0 Å². The van der Waals surface area contributed by atoms with Crippen LogP contribution in [0.4, 0.5) is 11.4 Å². The normalized spacial score (nSPS) is 11.0. The van der Waals surface area contributed by atoms with Crippen molar-refractivity contribution in [3.05, 3.63) is 56.5 Å². The first-order chi connectivity index (χ1) is 12.2. The number of hydrogen-bond acceptors (Lipinski definition) is 8. The monoisotopic (exact) mass is 381 g/mol. The van der Waals surface area contributed by atoms with Gasteiger partial charge in [0, 0.05) is 31.5 Å². The minimum Gasteiger partial charge on any atom is -0.378 e. The van der Waals surface area contributed by atoms with Crippen LogP contribution in [0.25, 0.3) is 0 Å². The summed E-state index contributed by atoms with van der Waals surface area (Å²) in [6, 6.07) is 5.94. The molecular weight excluding hydrogens is 366 g/mol. The third-order valence-electron chi connectivity index (χ3n) is 3.23. The number of aromatic amines is 1. The molecule has 0 unspecified atom stereocenters. The maximum absolute atomic E-state index is 11.8. The predicted molar refractivity (Wildman–Crippen MR) is 91.9 cm³/mol. The highest BCUT2D eigenvalue weighted by molar-refractivity contribution is 7.90. The number of aromatic nitrogens is 2. The molecule has 0 atom stereocenters. The number of carbonyl (C=O) groups is 1. The number of hydrogen-bond donors (Lipinski definition) is 3. The summed E-state index contributed by atoms with van der Waals surface area (Å²) < 4.78 is 23.0. The van der Waals surface area contributed by atoms with E-state index < -0.39 is 26.2 Å². The molecule has 1 aromatic heterocycles. The van der Waals surface area contributed by atoms with Gasteiger partial charge in [-0.05, 0) is 18.2 Å². The number of anilines is 1. The van der Waals surface area contributed by atoms with Crippen LogP contribution in [0.15, 0.2) is 40.0 Å². The summed E-state index contributed by atoms with van der Waals surface area (Å²) in [6.45, 7) is 0.263. The molecule has 12 heteroatoms. The van der Waals surface area contributed by atoms with Gasteiger partial charge in [0.2, 0.25) is 0 Å². The number of nitrogens with one attached hydrogen (secondary N) is 3. The predicted octanol–water partition coefficient (Wildman–Crippen LogP) is -0.0765. The van der Waals surface area contributed by atoms with E-state index in [9.17, 15) is 28.1 Å². The number of carbonyl (C=O) groups excluding carboxylic acids is 1. The van der Waals surface area contributed by atoms with Crippen LogP contribution in [0.5, 0.6) is 0 Å². The van der Waals surface area contributed by atoms with Gasteiger partial charge in [-0.3, -0.25) is 19.7 Å². The van der Waals surface area contributed by atoms with E-state index in [-0.39, 0.29) is 35.1 Å². The topological polar surface area (TPSA) is 164 Å². The van der Waals surface area contributed by atoms with Gasteiger partial charge < -0.3 is 10.6 Å². The van der Waals surface area contributed by atoms with Crippen LogP contribution >= 0.6 is 0 Å². The number of nitro groups is 1. The third-order valence-corrected chi connectivity index (χ3v) is 4.34. The van der Waals surface area contributed by atoms with Crippen molar-refractivity contribution in [1.82, 2.24) is 15.5 Å². The maximum Gasteiger partial charge on any atom is 0.293 e. The fraction of sp³-hybridized carbons (Fsp3) is 0.214. The zero-order chi connectivity index (χ0) is 19.3. The van der Waals surface area contributed by atoms with Gasteiger partial charge in [0.25, 0.3) is 17.2 Å². The first-order valence-electron chi connectivity index (χ1n) is 7.25. The molecule has 1 amide bonds.